The Labute approximate surface area is 191 Å². The van der Waals surface area contributed by atoms with Gasteiger partial charge in [-0.15, -0.1) is 11.3 Å². The van der Waals surface area contributed by atoms with Crippen molar-refractivity contribution in [2.24, 2.45) is 5.92 Å². The molecule has 1 aromatic carbocycles. The Hall–Kier alpha value is -2.56. The fourth-order valence-corrected chi connectivity index (χ4v) is 6.79. The Bertz CT molecular complexity index is 1250. The molecule has 1 aliphatic heterocycles. The third-order valence-corrected chi connectivity index (χ3v) is 8.91. The summed E-state index contributed by atoms with van der Waals surface area (Å²) < 4.78 is 33.0. The number of hydrogen-bond acceptors (Lipinski definition) is 7. The number of nitrogens with one attached hydrogen (secondary N) is 1. The maximum Gasteiger partial charge on any atom is 0.244 e. The molecule has 0 unspecified atom stereocenters. The van der Waals surface area contributed by atoms with Gasteiger partial charge < -0.3 is 9.84 Å². The van der Waals surface area contributed by atoms with Crippen molar-refractivity contribution in [1.82, 2.24) is 14.4 Å². The van der Waals surface area contributed by atoms with Crippen LogP contribution in [0, 0.1) is 33.6 Å². The fraction of sp³-hybridized carbons (Fsp3) is 0.409. The lowest BCUT2D eigenvalue weighted by molar-refractivity contribution is -0.120. The van der Waals surface area contributed by atoms with Crippen molar-refractivity contribution in [2.45, 2.75) is 45.4 Å². The average molecular weight is 475 g/mol. The molecular weight excluding hydrogens is 448 g/mol. The third-order valence-electron chi connectivity index (χ3n) is 5.71. The summed E-state index contributed by atoms with van der Waals surface area (Å²) in [5.41, 5.74) is 2.89. The van der Waals surface area contributed by atoms with Crippen LogP contribution in [0.25, 0.3) is 10.7 Å². The van der Waals surface area contributed by atoms with E-state index in [2.05, 4.69) is 15.5 Å². The van der Waals surface area contributed by atoms with Crippen molar-refractivity contribution in [3.63, 3.8) is 0 Å². The minimum atomic E-state index is -3.67. The van der Waals surface area contributed by atoms with Gasteiger partial charge in [-0.3, -0.25) is 4.79 Å². The molecule has 2 aromatic heterocycles. The predicted molar refractivity (Wildman–Crippen MR) is 123 cm³/mol. The van der Waals surface area contributed by atoms with Crippen molar-refractivity contribution in [3.8, 4) is 10.7 Å². The highest BCUT2D eigenvalue weighted by molar-refractivity contribution is 7.89. The van der Waals surface area contributed by atoms with Gasteiger partial charge in [0.05, 0.1) is 9.77 Å². The molecule has 1 amide bonds. The van der Waals surface area contributed by atoms with Crippen LogP contribution in [0.15, 0.2) is 33.7 Å². The average Bonchev–Trinajstić information content (AvgIpc) is 3.36. The summed E-state index contributed by atoms with van der Waals surface area (Å²) in [6.45, 7) is 8.01. The Morgan fingerprint density at radius 3 is 2.53 bits per heavy atom. The summed E-state index contributed by atoms with van der Waals surface area (Å²) in [6, 6.07) is 7.55. The van der Waals surface area contributed by atoms with Gasteiger partial charge in [0.25, 0.3) is 0 Å². The highest BCUT2D eigenvalue weighted by Gasteiger charge is 2.34. The van der Waals surface area contributed by atoms with Crippen molar-refractivity contribution in [2.75, 3.05) is 18.4 Å². The minimum absolute atomic E-state index is 0.0581. The number of piperidine rings is 1. The van der Waals surface area contributed by atoms with Gasteiger partial charge in [0.15, 0.2) is 0 Å². The fourth-order valence-electron chi connectivity index (χ4n) is 3.83. The second kappa shape index (κ2) is 8.76. The lowest BCUT2D eigenvalue weighted by atomic mass is 9.97. The third kappa shape index (κ3) is 4.48. The highest BCUT2D eigenvalue weighted by Crippen LogP contribution is 2.35. The minimum Gasteiger partial charge on any atom is -0.339 e. The van der Waals surface area contributed by atoms with Crippen molar-refractivity contribution < 1.29 is 17.7 Å². The molecule has 0 bridgehead atoms. The summed E-state index contributed by atoms with van der Waals surface area (Å²) in [7, 11) is -3.67. The maximum absolute atomic E-state index is 13.3. The van der Waals surface area contributed by atoms with Gasteiger partial charge in [-0.05, 0) is 56.9 Å². The van der Waals surface area contributed by atoms with Gasteiger partial charge in [-0.25, -0.2) is 8.42 Å². The number of carbonyl (C=O) groups is 1. The SMILES string of the molecule is Cc1ccc(C)c(NC(=O)C2CCN(S(=O)(=O)c3cc(-c4noc(C)n4)sc3C)CC2)c1. The number of hydrogen-bond donors (Lipinski definition) is 1. The van der Waals surface area contributed by atoms with E-state index in [1.54, 1.807) is 19.9 Å². The quantitative estimate of drug-likeness (QED) is 0.598. The molecule has 0 atom stereocenters. The molecule has 1 fully saturated rings. The summed E-state index contributed by atoms with van der Waals surface area (Å²) in [5.74, 6) is 0.538. The molecule has 3 aromatic rings. The van der Waals surface area contributed by atoms with Crippen molar-refractivity contribution >= 4 is 33.0 Å². The van der Waals surface area contributed by atoms with Gasteiger partial charge in [0, 0.05) is 36.5 Å². The number of benzene rings is 1. The van der Waals surface area contributed by atoms with E-state index >= 15 is 0 Å². The molecule has 8 nitrogen and oxygen atoms in total. The first-order valence-electron chi connectivity index (χ1n) is 10.4. The van der Waals surface area contributed by atoms with Crippen LogP contribution in [0.5, 0.6) is 0 Å². The van der Waals surface area contributed by atoms with Crippen LogP contribution < -0.4 is 5.32 Å². The first-order valence-corrected chi connectivity index (χ1v) is 12.7. The van der Waals surface area contributed by atoms with E-state index in [4.69, 9.17) is 4.52 Å². The van der Waals surface area contributed by atoms with E-state index in [9.17, 15) is 13.2 Å². The smallest absolute Gasteiger partial charge is 0.244 e. The zero-order valence-electron chi connectivity index (χ0n) is 18.5. The maximum atomic E-state index is 13.3. The predicted octanol–water partition coefficient (Wildman–Crippen LogP) is 4.07. The van der Waals surface area contributed by atoms with Crippen LogP contribution in [0.3, 0.4) is 0 Å². The standard InChI is InChI=1S/C22H26N4O4S2/c1-13-5-6-14(2)18(11-13)24-22(27)17-7-9-26(10-8-17)32(28,29)20-12-19(31-15(20)3)21-23-16(4)30-25-21/h5-6,11-12,17H,7-10H2,1-4H3,(H,24,27). The van der Waals surface area contributed by atoms with Crippen LogP contribution in [0.1, 0.15) is 34.7 Å². The second-order valence-electron chi connectivity index (χ2n) is 8.15. The zero-order chi connectivity index (χ0) is 23.0. The van der Waals surface area contributed by atoms with Crippen LogP contribution >= 0.6 is 11.3 Å². The molecular formula is C22H26N4O4S2. The Kier molecular flexibility index (Phi) is 6.19. The highest BCUT2D eigenvalue weighted by atomic mass is 32.2. The van der Waals surface area contributed by atoms with Gasteiger partial charge in [0.2, 0.25) is 27.6 Å². The molecule has 32 heavy (non-hydrogen) atoms. The van der Waals surface area contributed by atoms with E-state index in [-0.39, 0.29) is 16.7 Å². The molecule has 0 spiro atoms. The van der Waals surface area contributed by atoms with Gasteiger partial charge in [-0.1, -0.05) is 17.3 Å². The number of thiophene rings is 1. The number of rotatable bonds is 5. The Morgan fingerprint density at radius 2 is 1.88 bits per heavy atom. The second-order valence-corrected chi connectivity index (χ2v) is 11.3. The summed E-state index contributed by atoms with van der Waals surface area (Å²) >= 11 is 1.33. The first kappa shape index (κ1) is 22.6. The van der Waals surface area contributed by atoms with Crippen LogP contribution in [0.4, 0.5) is 5.69 Å². The number of anilines is 1. The molecule has 0 aliphatic carbocycles. The molecule has 3 heterocycles. The molecule has 1 saturated heterocycles. The largest absolute Gasteiger partial charge is 0.339 e. The molecule has 0 radical (unpaired) electrons. The zero-order valence-corrected chi connectivity index (χ0v) is 20.1. The number of aromatic nitrogens is 2. The number of nitrogens with zero attached hydrogens (tertiary/aromatic N) is 3. The lowest BCUT2D eigenvalue weighted by Gasteiger charge is -2.30. The van der Waals surface area contributed by atoms with Crippen LogP contribution in [-0.2, 0) is 14.8 Å². The normalized spacial score (nSPS) is 15.8. The molecule has 170 valence electrons. The Balaban J connectivity index is 1.44. The topological polar surface area (TPSA) is 105 Å². The first-order chi connectivity index (χ1) is 15.1. The van der Waals surface area contributed by atoms with E-state index in [0.717, 1.165) is 16.8 Å². The van der Waals surface area contributed by atoms with E-state index < -0.39 is 10.0 Å². The molecule has 1 N–H and O–H groups in total. The van der Waals surface area contributed by atoms with Gasteiger partial charge in [0.1, 0.15) is 0 Å². The van der Waals surface area contributed by atoms with Gasteiger partial charge >= 0.3 is 0 Å². The van der Waals surface area contributed by atoms with E-state index in [1.165, 1.54) is 15.6 Å². The number of amides is 1. The summed E-state index contributed by atoms with van der Waals surface area (Å²) in [4.78, 5) is 18.6. The molecule has 1 aliphatic rings. The molecule has 0 saturated carbocycles. The summed E-state index contributed by atoms with van der Waals surface area (Å²) in [6.07, 6.45) is 0.964. The molecule has 4 rings (SSSR count). The lowest BCUT2D eigenvalue weighted by Crippen LogP contribution is -2.41. The van der Waals surface area contributed by atoms with E-state index in [1.807, 2.05) is 32.0 Å². The van der Waals surface area contributed by atoms with Crippen LogP contribution in [-0.4, -0.2) is 41.9 Å². The van der Waals surface area contributed by atoms with Crippen molar-refractivity contribution in [1.29, 1.82) is 0 Å². The number of carbonyl (C=O) groups excluding carboxylic acids is 1. The van der Waals surface area contributed by atoms with Crippen LogP contribution in [0.2, 0.25) is 0 Å². The summed E-state index contributed by atoms with van der Waals surface area (Å²) in [5, 5.41) is 6.89. The van der Waals surface area contributed by atoms with Gasteiger partial charge in [-0.2, -0.15) is 9.29 Å². The van der Waals surface area contributed by atoms with Crippen molar-refractivity contribution in [3.05, 3.63) is 46.2 Å². The number of aryl methyl sites for hydroxylation is 4. The monoisotopic (exact) mass is 474 g/mol. The number of sulfonamides is 1. The Morgan fingerprint density at radius 1 is 1.16 bits per heavy atom. The van der Waals surface area contributed by atoms with E-state index in [0.29, 0.717) is 47.4 Å². The molecule has 10 heteroatoms.